The van der Waals surface area contributed by atoms with Crippen LogP contribution in [0.1, 0.15) is 45.8 Å². The number of aromatic amines is 1. The van der Waals surface area contributed by atoms with Crippen molar-refractivity contribution in [2.75, 3.05) is 0 Å². The summed E-state index contributed by atoms with van der Waals surface area (Å²) in [4.78, 5) is 32.9. The summed E-state index contributed by atoms with van der Waals surface area (Å²) >= 11 is 7.92. The number of imidazole rings is 1. The summed E-state index contributed by atoms with van der Waals surface area (Å²) in [5.41, 5.74) is 9.03. The van der Waals surface area contributed by atoms with E-state index in [2.05, 4.69) is 25.9 Å². The van der Waals surface area contributed by atoms with Gasteiger partial charge in [0.25, 0.3) is 11.8 Å². The molecule has 0 unspecified atom stereocenters. The van der Waals surface area contributed by atoms with Gasteiger partial charge in [-0.3, -0.25) is 25.1 Å². The molecule has 2 heterocycles. The molecule has 2 aromatic carbocycles. The summed E-state index contributed by atoms with van der Waals surface area (Å²) in [6, 6.07) is 15.1. The van der Waals surface area contributed by atoms with Crippen LogP contribution < -0.4 is 10.9 Å². The number of H-pyrrole nitrogens is 1. The van der Waals surface area contributed by atoms with Gasteiger partial charge in [-0.25, -0.2) is 4.98 Å². The Balaban J connectivity index is 1.32. The summed E-state index contributed by atoms with van der Waals surface area (Å²) in [5, 5.41) is 5.42. The van der Waals surface area contributed by atoms with Gasteiger partial charge in [0.1, 0.15) is 10.7 Å². The van der Waals surface area contributed by atoms with Crippen LogP contribution in [-0.2, 0) is 12.3 Å². The van der Waals surface area contributed by atoms with Crippen LogP contribution in [0.2, 0.25) is 5.15 Å². The first-order valence-electron chi connectivity index (χ1n) is 10.8. The average Bonchev–Trinajstić information content (AvgIpc) is 3.35. The molecule has 0 fully saturated rings. The topological polar surface area (TPSA) is 105 Å². The highest BCUT2D eigenvalue weighted by molar-refractivity contribution is 7.98. The number of amides is 2. The fraction of sp³-hybridized carbons (Fsp3) is 0.250. The van der Waals surface area contributed by atoms with Crippen LogP contribution in [0, 0.1) is 12.8 Å². The third kappa shape index (κ3) is 5.43. The van der Waals surface area contributed by atoms with Crippen LogP contribution in [0.25, 0.3) is 11.0 Å². The highest BCUT2D eigenvalue weighted by atomic mass is 35.5. The van der Waals surface area contributed by atoms with E-state index >= 15 is 0 Å². The number of hydrogen-bond donors (Lipinski definition) is 3. The smallest absolute Gasteiger partial charge is 0.274 e. The van der Waals surface area contributed by atoms with Crippen molar-refractivity contribution in [2.45, 2.75) is 38.2 Å². The molecule has 4 rings (SSSR count). The van der Waals surface area contributed by atoms with Gasteiger partial charge in [-0.05, 0) is 42.7 Å². The third-order valence-electron chi connectivity index (χ3n) is 5.08. The van der Waals surface area contributed by atoms with E-state index in [1.165, 1.54) is 0 Å². The Labute approximate surface area is 206 Å². The molecule has 0 atom stereocenters. The van der Waals surface area contributed by atoms with Gasteiger partial charge in [-0.15, -0.1) is 0 Å². The van der Waals surface area contributed by atoms with Crippen LogP contribution in [-0.4, -0.2) is 31.6 Å². The quantitative estimate of drug-likeness (QED) is 0.253. The number of carbonyl (C=O) groups excluding carboxylic acids is 2. The third-order valence-corrected chi connectivity index (χ3v) is 6.41. The monoisotopic (exact) mass is 496 g/mol. The molecule has 2 amide bonds. The molecular weight excluding hydrogens is 472 g/mol. The number of carbonyl (C=O) groups is 2. The maximum absolute atomic E-state index is 12.6. The molecule has 176 valence electrons. The van der Waals surface area contributed by atoms with E-state index in [1.807, 2.05) is 50.2 Å². The van der Waals surface area contributed by atoms with Crippen molar-refractivity contribution in [1.82, 2.24) is 30.6 Å². The van der Waals surface area contributed by atoms with E-state index in [0.29, 0.717) is 29.5 Å². The summed E-state index contributed by atoms with van der Waals surface area (Å²) in [6.07, 6.45) is 0. The number of nitrogens with zero attached hydrogens (tertiary/aromatic N) is 3. The molecule has 8 nitrogen and oxygen atoms in total. The Morgan fingerprint density at radius 3 is 2.50 bits per heavy atom. The van der Waals surface area contributed by atoms with Crippen molar-refractivity contribution in [3.05, 3.63) is 76.1 Å². The Morgan fingerprint density at radius 2 is 1.79 bits per heavy atom. The summed E-state index contributed by atoms with van der Waals surface area (Å²) in [7, 11) is 0. The molecule has 2 aromatic heterocycles. The number of halogens is 1. The molecule has 0 aliphatic carbocycles. The molecule has 34 heavy (non-hydrogen) atoms. The van der Waals surface area contributed by atoms with Crippen molar-refractivity contribution in [3.63, 3.8) is 0 Å². The van der Waals surface area contributed by atoms with Crippen LogP contribution in [0.15, 0.2) is 53.7 Å². The summed E-state index contributed by atoms with van der Waals surface area (Å²) < 4.78 is 1.60. The van der Waals surface area contributed by atoms with Gasteiger partial charge < -0.3 is 4.98 Å². The molecule has 0 spiro atoms. The molecule has 0 aliphatic rings. The molecule has 0 aliphatic heterocycles. The number of para-hydroxylation sites is 2. The van der Waals surface area contributed by atoms with E-state index in [4.69, 9.17) is 11.6 Å². The van der Waals surface area contributed by atoms with E-state index in [9.17, 15) is 9.59 Å². The molecule has 0 saturated carbocycles. The Bertz CT molecular complexity index is 1300. The zero-order valence-electron chi connectivity index (χ0n) is 19.1. The van der Waals surface area contributed by atoms with E-state index in [-0.39, 0.29) is 10.7 Å². The molecule has 0 bridgehead atoms. The van der Waals surface area contributed by atoms with Crippen LogP contribution >= 0.6 is 23.4 Å². The summed E-state index contributed by atoms with van der Waals surface area (Å²) in [6.45, 7) is 6.38. The molecule has 4 aromatic rings. The van der Waals surface area contributed by atoms with Crippen molar-refractivity contribution in [3.8, 4) is 0 Å². The second-order valence-electron chi connectivity index (χ2n) is 8.28. The molecule has 0 radical (unpaired) electrons. The van der Waals surface area contributed by atoms with Gasteiger partial charge in [0.15, 0.2) is 5.16 Å². The lowest BCUT2D eigenvalue weighted by molar-refractivity contribution is 0.0846. The first-order valence-corrected chi connectivity index (χ1v) is 12.2. The minimum Gasteiger partial charge on any atom is -0.333 e. The van der Waals surface area contributed by atoms with E-state index < -0.39 is 11.8 Å². The lowest BCUT2D eigenvalue weighted by Gasteiger charge is -2.09. The second kappa shape index (κ2) is 10.3. The number of thioether (sulfide) groups is 1. The lowest BCUT2D eigenvalue weighted by Crippen LogP contribution is -2.41. The van der Waals surface area contributed by atoms with Gasteiger partial charge in [0, 0.05) is 17.9 Å². The number of rotatable bonds is 7. The fourth-order valence-corrected chi connectivity index (χ4v) is 4.60. The van der Waals surface area contributed by atoms with Gasteiger partial charge in [-0.1, -0.05) is 61.5 Å². The lowest BCUT2D eigenvalue weighted by atomic mass is 10.1. The van der Waals surface area contributed by atoms with Gasteiger partial charge in [0.05, 0.1) is 16.7 Å². The first-order chi connectivity index (χ1) is 16.3. The predicted molar refractivity (Wildman–Crippen MR) is 134 cm³/mol. The molecule has 0 saturated heterocycles. The van der Waals surface area contributed by atoms with Crippen molar-refractivity contribution < 1.29 is 9.59 Å². The maximum Gasteiger partial charge on any atom is 0.274 e. The van der Waals surface area contributed by atoms with Gasteiger partial charge in [0.2, 0.25) is 0 Å². The number of aryl methyl sites for hydroxylation is 1. The first kappa shape index (κ1) is 23.8. The Morgan fingerprint density at radius 1 is 1.09 bits per heavy atom. The van der Waals surface area contributed by atoms with Crippen molar-refractivity contribution >= 4 is 46.2 Å². The minimum atomic E-state index is -0.510. The van der Waals surface area contributed by atoms with Crippen molar-refractivity contribution in [1.29, 1.82) is 0 Å². The number of nitrogens with one attached hydrogen (secondary N) is 3. The Hall–Kier alpha value is -3.30. The largest absolute Gasteiger partial charge is 0.333 e. The number of hydrazine groups is 1. The highest BCUT2D eigenvalue weighted by Crippen LogP contribution is 2.23. The molecule has 10 heteroatoms. The normalized spacial score (nSPS) is 11.2. The molecular formula is C24H25ClN6O2S. The highest BCUT2D eigenvalue weighted by Gasteiger charge is 2.21. The zero-order chi connectivity index (χ0) is 24.2. The second-order valence-corrected chi connectivity index (χ2v) is 9.60. The number of fused-ring (bicyclic) bond motifs is 1. The van der Waals surface area contributed by atoms with Crippen molar-refractivity contribution in [2.24, 2.45) is 5.92 Å². The average molecular weight is 497 g/mol. The molecule has 3 N–H and O–H groups in total. The van der Waals surface area contributed by atoms with E-state index in [1.54, 1.807) is 35.5 Å². The maximum atomic E-state index is 12.6. The minimum absolute atomic E-state index is 0.251. The summed E-state index contributed by atoms with van der Waals surface area (Å²) in [5.74, 6) is 0.0988. The number of aromatic nitrogens is 4. The van der Waals surface area contributed by atoms with E-state index in [0.717, 1.165) is 21.8 Å². The Kier molecular flexibility index (Phi) is 7.23. The number of benzene rings is 2. The SMILES string of the molecule is Cc1nn(CC(C)C)c(Cl)c1C(=O)NNC(=O)c1ccc(CSc2nc3ccccc3[nH]2)cc1. The number of hydrogen-bond acceptors (Lipinski definition) is 5. The van der Waals surface area contributed by atoms with Gasteiger partial charge >= 0.3 is 0 Å². The van der Waals surface area contributed by atoms with Crippen LogP contribution in [0.4, 0.5) is 0 Å². The predicted octanol–water partition coefficient (Wildman–Crippen LogP) is 4.74. The van der Waals surface area contributed by atoms with Crippen LogP contribution in [0.3, 0.4) is 0 Å². The standard InChI is InChI=1S/C24H25ClN6O2S/c1-14(2)12-31-21(25)20(15(3)30-31)23(33)29-28-22(32)17-10-8-16(9-11-17)13-34-24-26-18-6-4-5-7-19(18)27-24/h4-11,14H,12-13H2,1-3H3,(H,26,27)(H,28,32)(H,29,33). The fourth-order valence-electron chi connectivity index (χ4n) is 3.43. The van der Waals surface area contributed by atoms with Crippen LogP contribution in [0.5, 0.6) is 0 Å². The zero-order valence-corrected chi connectivity index (χ0v) is 20.6. The van der Waals surface area contributed by atoms with Gasteiger partial charge in [-0.2, -0.15) is 5.10 Å².